The van der Waals surface area contributed by atoms with E-state index in [0.717, 1.165) is 16.5 Å². The van der Waals surface area contributed by atoms with Crippen LogP contribution in [0.2, 0.25) is 0 Å². The Morgan fingerprint density at radius 2 is 2.17 bits per heavy atom. The predicted octanol–water partition coefficient (Wildman–Crippen LogP) is 1.87. The summed E-state index contributed by atoms with van der Waals surface area (Å²) in [6.07, 6.45) is 1.92. The maximum absolute atomic E-state index is 9.35. The van der Waals surface area contributed by atoms with E-state index >= 15 is 0 Å². The minimum absolute atomic E-state index is 0.0242. The van der Waals surface area contributed by atoms with Crippen LogP contribution in [-0.4, -0.2) is 19.8 Å². The molecule has 18 heavy (non-hydrogen) atoms. The Morgan fingerprint density at radius 3 is 2.89 bits per heavy atom. The summed E-state index contributed by atoms with van der Waals surface area (Å²) in [5.41, 5.74) is 1.96. The third-order valence-electron chi connectivity index (χ3n) is 2.92. The Hall–Kier alpha value is -2.14. The van der Waals surface area contributed by atoms with Crippen LogP contribution in [-0.2, 0) is 13.2 Å². The maximum atomic E-state index is 9.35. The normalized spacial score (nSPS) is 11.2. The van der Waals surface area contributed by atoms with Gasteiger partial charge in [-0.05, 0) is 13.0 Å². The molecule has 2 heterocycles. The van der Waals surface area contributed by atoms with Gasteiger partial charge in [-0.3, -0.25) is 0 Å². The topological polar surface area (TPSA) is 64.1 Å². The molecular weight excluding hydrogens is 230 g/mol. The molecule has 0 atom stereocenters. The number of aromatic nitrogens is 3. The minimum atomic E-state index is 0.0242. The zero-order valence-corrected chi connectivity index (χ0v) is 10.00. The summed E-state index contributed by atoms with van der Waals surface area (Å²) in [6.45, 7) is 2.33. The molecule has 0 unspecified atom stereocenters. The highest BCUT2D eigenvalue weighted by Gasteiger charge is 2.10. The summed E-state index contributed by atoms with van der Waals surface area (Å²) in [6, 6.07) is 7.94. The molecule has 3 rings (SSSR count). The Bertz CT molecular complexity index is 684. The van der Waals surface area contributed by atoms with Crippen LogP contribution < -0.4 is 0 Å². The van der Waals surface area contributed by atoms with Gasteiger partial charge in [0.25, 0.3) is 0 Å². The second-order valence-electron chi connectivity index (χ2n) is 4.19. The molecule has 0 aliphatic carbocycles. The van der Waals surface area contributed by atoms with Crippen molar-refractivity contribution < 1.29 is 9.63 Å². The van der Waals surface area contributed by atoms with Crippen molar-refractivity contribution >= 4 is 10.9 Å². The number of aryl methyl sites for hydroxylation is 1. The molecule has 0 aliphatic rings. The van der Waals surface area contributed by atoms with Crippen LogP contribution in [0, 0.1) is 6.92 Å². The molecular formula is C13H13N3O2. The second kappa shape index (κ2) is 4.27. The highest BCUT2D eigenvalue weighted by Crippen LogP contribution is 2.22. The SMILES string of the molecule is Cc1noc(Cn2cc(CO)c3ccccc32)n1. The fourth-order valence-electron chi connectivity index (χ4n) is 2.13. The van der Waals surface area contributed by atoms with Crippen LogP contribution in [0.4, 0.5) is 0 Å². The first-order valence-electron chi connectivity index (χ1n) is 5.74. The lowest BCUT2D eigenvalue weighted by Crippen LogP contribution is -1.98. The van der Waals surface area contributed by atoms with Gasteiger partial charge in [0.2, 0.25) is 5.89 Å². The van der Waals surface area contributed by atoms with Crippen molar-refractivity contribution in [3.8, 4) is 0 Å². The number of aliphatic hydroxyl groups excluding tert-OH is 1. The van der Waals surface area contributed by atoms with E-state index in [1.54, 1.807) is 6.92 Å². The first kappa shape index (κ1) is 11.0. The number of aliphatic hydroxyl groups is 1. The summed E-state index contributed by atoms with van der Waals surface area (Å²) in [7, 11) is 0. The number of benzene rings is 1. The van der Waals surface area contributed by atoms with Crippen molar-refractivity contribution in [1.82, 2.24) is 14.7 Å². The van der Waals surface area contributed by atoms with Gasteiger partial charge in [0.1, 0.15) is 6.54 Å². The van der Waals surface area contributed by atoms with Gasteiger partial charge in [-0.25, -0.2) is 0 Å². The van der Waals surface area contributed by atoms with Crippen molar-refractivity contribution in [2.24, 2.45) is 0 Å². The lowest BCUT2D eigenvalue weighted by molar-refractivity contribution is 0.283. The number of para-hydroxylation sites is 1. The average molecular weight is 243 g/mol. The molecule has 0 bridgehead atoms. The molecule has 0 saturated heterocycles. The van der Waals surface area contributed by atoms with Crippen LogP contribution >= 0.6 is 0 Å². The smallest absolute Gasteiger partial charge is 0.246 e. The number of nitrogens with zero attached hydrogens (tertiary/aromatic N) is 3. The summed E-state index contributed by atoms with van der Waals surface area (Å²) in [4.78, 5) is 4.19. The summed E-state index contributed by atoms with van der Waals surface area (Å²) >= 11 is 0. The van der Waals surface area contributed by atoms with Crippen LogP contribution in [0.25, 0.3) is 10.9 Å². The third kappa shape index (κ3) is 1.78. The van der Waals surface area contributed by atoms with Gasteiger partial charge >= 0.3 is 0 Å². The molecule has 0 fully saturated rings. The van der Waals surface area contributed by atoms with Gasteiger partial charge in [-0.1, -0.05) is 23.4 Å². The molecule has 0 saturated carbocycles. The van der Waals surface area contributed by atoms with E-state index in [9.17, 15) is 5.11 Å². The van der Waals surface area contributed by atoms with Crippen molar-refractivity contribution in [3.63, 3.8) is 0 Å². The number of hydrogen-bond acceptors (Lipinski definition) is 4. The first-order chi connectivity index (χ1) is 8.78. The van der Waals surface area contributed by atoms with E-state index in [1.807, 2.05) is 35.0 Å². The molecule has 0 spiro atoms. The van der Waals surface area contributed by atoms with E-state index in [-0.39, 0.29) is 6.61 Å². The maximum Gasteiger partial charge on any atom is 0.246 e. The summed E-state index contributed by atoms with van der Waals surface area (Å²) in [5, 5.41) is 14.2. The van der Waals surface area contributed by atoms with Gasteiger partial charge in [0.05, 0.1) is 6.61 Å². The standard InChI is InChI=1S/C13H13N3O2/c1-9-14-13(18-15-9)7-16-6-10(8-17)11-4-2-3-5-12(11)16/h2-6,17H,7-8H2,1H3. The Labute approximate surface area is 104 Å². The van der Waals surface area contributed by atoms with Crippen molar-refractivity contribution in [3.05, 3.63) is 47.7 Å². The van der Waals surface area contributed by atoms with Crippen LogP contribution in [0.3, 0.4) is 0 Å². The molecule has 2 aromatic heterocycles. The molecule has 5 nitrogen and oxygen atoms in total. The zero-order valence-electron chi connectivity index (χ0n) is 10.00. The number of rotatable bonds is 3. The molecule has 92 valence electrons. The largest absolute Gasteiger partial charge is 0.392 e. The Kier molecular flexibility index (Phi) is 2.60. The zero-order chi connectivity index (χ0) is 12.5. The molecule has 0 aliphatic heterocycles. The summed E-state index contributed by atoms with van der Waals surface area (Å²) in [5.74, 6) is 1.20. The van der Waals surface area contributed by atoms with E-state index in [0.29, 0.717) is 18.3 Å². The number of hydrogen-bond donors (Lipinski definition) is 1. The first-order valence-corrected chi connectivity index (χ1v) is 5.74. The van der Waals surface area contributed by atoms with Gasteiger partial charge in [-0.15, -0.1) is 0 Å². The van der Waals surface area contributed by atoms with Crippen LogP contribution in [0.1, 0.15) is 17.3 Å². The lowest BCUT2D eigenvalue weighted by atomic mass is 10.2. The highest BCUT2D eigenvalue weighted by molar-refractivity contribution is 5.83. The van der Waals surface area contributed by atoms with Crippen molar-refractivity contribution in [1.29, 1.82) is 0 Å². The van der Waals surface area contributed by atoms with Gasteiger partial charge in [0.15, 0.2) is 5.82 Å². The fraction of sp³-hybridized carbons (Fsp3) is 0.231. The molecule has 0 radical (unpaired) electrons. The van der Waals surface area contributed by atoms with Gasteiger partial charge in [0, 0.05) is 22.7 Å². The predicted molar refractivity (Wildman–Crippen MR) is 66.0 cm³/mol. The van der Waals surface area contributed by atoms with E-state index in [1.165, 1.54) is 0 Å². The highest BCUT2D eigenvalue weighted by atomic mass is 16.5. The van der Waals surface area contributed by atoms with Crippen molar-refractivity contribution in [2.45, 2.75) is 20.1 Å². The van der Waals surface area contributed by atoms with Gasteiger partial charge in [-0.2, -0.15) is 4.98 Å². The average Bonchev–Trinajstić information content (AvgIpc) is 2.95. The molecule has 1 N–H and O–H groups in total. The second-order valence-corrected chi connectivity index (χ2v) is 4.19. The van der Waals surface area contributed by atoms with Crippen molar-refractivity contribution in [2.75, 3.05) is 0 Å². The molecule has 1 aromatic carbocycles. The Balaban J connectivity index is 2.06. The molecule has 3 aromatic rings. The van der Waals surface area contributed by atoms with E-state index in [2.05, 4.69) is 10.1 Å². The third-order valence-corrected chi connectivity index (χ3v) is 2.92. The van der Waals surface area contributed by atoms with E-state index < -0.39 is 0 Å². The lowest BCUT2D eigenvalue weighted by Gasteiger charge is -2.00. The quantitative estimate of drug-likeness (QED) is 0.762. The number of fused-ring (bicyclic) bond motifs is 1. The van der Waals surface area contributed by atoms with Gasteiger partial charge < -0.3 is 14.2 Å². The monoisotopic (exact) mass is 243 g/mol. The molecule has 0 amide bonds. The van der Waals surface area contributed by atoms with E-state index in [4.69, 9.17) is 4.52 Å². The summed E-state index contributed by atoms with van der Waals surface area (Å²) < 4.78 is 7.12. The van der Waals surface area contributed by atoms with Crippen LogP contribution in [0.15, 0.2) is 35.0 Å². The minimum Gasteiger partial charge on any atom is -0.392 e. The Morgan fingerprint density at radius 1 is 1.33 bits per heavy atom. The molecule has 5 heteroatoms. The van der Waals surface area contributed by atoms with Crippen LogP contribution in [0.5, 0.6) is 0 Å². The fourth-order valence-corrected chi connectivity index (χ4v) is 2.13.